The first-order chi connectivity index (χ1) is 10.2. The fraction of sp³-hybridized carbons (Fsp3) is 0.412. The van der Waals surface area contributed by atoms with Gasteiger partial charge in [-0.05, 0) is 44.4 Å². The molecular formula is C17H21N3O. The predicted molar refractivity (Wildman–Crippen MR) is 84.2 cm³/mol. The molecule has 1 saturated heterocycles. The summed E-state index contributed by atoms with van der Waals surface area (Å²) < 4.78 is 0. The van der Waals surface area contributed by atoms with Gasteiger partial charge < -0.3 is 10.6 Å². The van der Waals surface area contributed by atoms with Gasteiger partial charge in [0.25, 0.3) is 5.91 Å². The zero-order valence-electron chi connectivity index (χ0n) is 12.4. The van der Waals surface area contributed by atoms with Crippen LogP contribution in [0.5, 0.6) is 0 Å². The van der Waals surface area contributed by atoms with Crippen molar-refractivity contribution in [3.63, 3.8) is 0 Å². The van der Waals surface area contributed by atoms with Gasteiger partial charge >= 0.3 is 0 Å². The highest BCUT2D eigenvalue weighted by atomic mass is 16.2. The molecule has 0 bridgehead atoms. The van der Waals surface area contributed by atoms with E-state index < -0.39 is 0 Å². The van der Waals surface area contributed by atoms with E-state index in [9.17, 15) is 4.79 Å². The highest BCUT2D eigenvalue weighted by Gasteiger charge is 2.27. The summed E-state index contributed by atoms with van der Waals surface area (Å²) in [5.41, 5.74) is 8.17. The molecule has 0 radical (unpaired) electrons. The van der Waals surface area contributed by atoms with Crippen molar-refractivity contribution >= 4 is 16.8 Å². The van der Waals surface area contributed by atoms with Crippen molar-refractivity contribution in [2.45, 2.75) is 19.8 Å². The van der Waals surface area contributed by atoms with Crippen molar-refractivity contribution in [1.29, 1.82) is 0 Å². The highest BCUT2D eigenvalue weighted by Crippen LogP contribution is 2.24. The normalized spacial score (nSPS) is 18.4. The van der Waals surface area contributed by atoms with E-state index in [1.807, 2.05) is 42.2 Å². The number of carbonyl (C=O) groups excluding carboxylic acids is 1. The Balaban J connectivity index is 1.92. The van der Waals surface area contributed by atoms with Crippen LogP contribution in [0, 0.1) is 12.8 Å². The van der Waals surface area contributed by atoms with Crippen molar-refractivity contribution in [3.05, 3.63) is 41.6 Å². The maximum atomic E-state index is 12.8. The number of carbonyl (C=O) groups is 1. The summed E-state index contributed by atoms with van der Waals surface area (Å²) in [6, 6.07) is 9.75. The Kier molecular flexibility index (Phi) is 3.88. The van der Waals surface area contributed by atoms with Crippen molar-refractivity contribution in [1.82, 2.24) is 9.88 Å². The average molecular weight is 283 g/mol. The molecule has 21 heavy (non-hydrogen) atoms. The fourth-order valence-electron chi connectivity index (χ4n) is 3.14. The van der Waals surface area contributed by atoms with Crippen LogP contribution in [0.15, 0.2) is 30.3 Å². The number of hydrogen-bond acceptors (Lipinski definition) is 3. The molecule has 1 aliphatic heterocycles. The Morgan fingerprint density at radius 3 is 3.05 bits per heavy atom. The third-order valence-corrected chi connectivity index (χ3v) is 4.22. The van der Waals surface area contributed by atoms with E-state index in [0.29, 0.717) is 12.5 Å². The molecule has 0 aliphatic carbocycles. The summed E-state index contributed by atoms with van der Waals surface area (Å²) in [6.07, 6.45) is 2.06. The first-order valence-electron chi connectivity index (χ1n) is 7.55. The van der Waals surface area contributed by atoms with E-state index in [0.717, 1.165) is 48.1 Å². The molecule has 1 atom stereocenters. The summed E-state index contributed by atoms with van der Waals surface area (Å²) in [5, 5.41) is 0.940. The van der Waals surface area contributed by atoms with Gasteiger partial charge in [-0.15, -0.1) is 0 Å². The molecule has 2 N–H and O–H groups in total. The summed E-state index contributed by atoms with van der Waals surface area (Å²) in [4.78, 5) is 19.3. The minimum Gasteiger partial charge on any atom is -0.338 e. The predicted octanol–water partition coefficient (Wildman–Crippen LogP) is 2.35. The van der Waals surface area contributed by atoms with Gasteiger partial charge in [-0.2, -0.15) is 0 Å². The maximum Gasteiger partial charge on any atom is 0.254 e. The van der Waals surface area contributed by atoms with E-state index >= 15 is 0 Å². The Morgan fingerprint density at radius 1 is 1.43 bits per heavy atom. The van der Waals surface area contributed by atoms with Crippen LogP contribution in [0.4, 0.5) is 0 Å². The first-order valence-corrected chi connectivity index (χ1v) is 7.55. The lowest BCUT2D eigenvalue weighted by Crippen LogP contribution is -2.29. The van der Waals surface area contributed by atoms with Gasteiger partial charge in [-0.25, -0.2) is 0 Å². The lowest BCUT2D eigenvalue weighted by Gasteiger charge is -2.18. The van der Waals surface area contributed by atoms with Gasteiger partial charge in [-0.1, -0.05) is 18.2 Å². The number of pyridine rings is 1. The van der Waals surface area contributed by atoms with Crippen LogP contribution in [0.3, 0.4) is 0 Å². The third-order valence-electron chi connectivity index (χ3n) is 4.22. The Morgan fingerprint density at radius 2 is 2.24 bits per heavy atom. The molecule has 3 rings (SSSR count). The number of aromatic nitrogens is 1. The first kappa shape index (κ1) is 14.0. The number of nitrogens with zero attached hydrogens (tertiary/aromatic N) is 2. The van der Waals surface area contributed by atoms with E-state index in [2.05, 4.69) is 4.98 Å². The fourth-order valence-corrected chi connectivity index (χ4v) is 3.14. The second-order valence-corrected chi connectivity index (χ2v) is 5.81. The number of likely N-dealkylation sites (tertiary alicyclic amines) is 1. The van der Waals surface area contributed by atoms with Crippen molar-refractivity contribution < 1.29 is 4.79 Å². The van der Waals surface area contributed by atoms with Gasteiger partial charge in [0.2, 0.25) is 0 Å². The zero-order chi connectivity index (χ0) is 14.8. The van der Waals surface area contributed by atoms with Gasteiger partial charge in [-0.3, -0.25) is 9.78 Å². The van der Waals surface area contributed by atoms with Gasteiger partial charge in [0.15, 0.2) is 0 Å². The lowest BCUT2D eigenvalue weighted by molar-refractivity contribution is 0.0788. The number of fused-ring (bicyclic) bond motifs is 1. The molecule has 110 valence electrons. The van der Waals surface area contributed by atoms with Crippen LogP contribution in [0.2, 0.25) is 0 Å². The molecule has 2 aromatic rings. The SMILES string of the molecule is Cc1cc(C(=O)N2CCC(CCN)C2)c2ccccc2n1. The second-order valence-electron chi connectivity index (χ2n) is 5.81. The molecular weight excluding hydrogens is 262 g/mol. The molecule has 2 heterocycles. The standard InChI is InChI=1S/C17H21N3O/c1-12-10-15(14-4-2-3-5-16(14)19-12)17(21)20-9-7-13(11-20)6-8-18/h2-5,10,13H,6-9,11,18H2,1H3. The van der Waals surface area contributed by atoms with E-state index in [-0.39, 0.29) is 5.91 Å². The molecule has 1 fully saturated rings. The molecule has 1 aliphatic rings. The van der Waals surface area contributed by atoms with Crippen LogP contribution in [-0.4, -0.2) is 35.4 Å². The molecule has 0 saturated carbocycles. The Bertz CT molecular complexity index is 668. The zero-order valence-corrected chi connectivity index (χ0v) is 12.4. The highest BCUT2D eigenvalue weighted by molar-refractivity contribution is 6.06. The van der Waals surface area contributed by atoms with E-state index in [4.69, 9.17) is 5.73 Å². The average Bonchev–Trinajstić information content (AvgIpc) is 2.94. The molecule has 1 aromatic heterocycles. The quantitative estimate of drug-likeness (QED) is 0.940. The van der Waals surface area contributed by atoms with E-state index in [1.165, 1.54) is 0 Å². The third kappa shape index (κ3) is 2.76. The number of amides is 1. The largest absolute Gasteiger partial charge is 0.338 e. The second kappa shape index (κ2) is 5.82. The summed E-state index contributed by atoms with van der Waals surface area (Å²) >= 11 is 0. The summed E-state index contributed by atoms with van der Waals surface area (Å²) in [7, 11) is 0. The molecule has 1 aromatic carbocycles. The minimum atomic E-state index is 0.122. The van der Waals surface area contributed by atoms with Crippen LogP contribution in [0.25, 0.3) is 10.9 Å². The van der Waals surface area contributed by atoms with E-state index in [1.54, 1.807) is 0 Å². The number of para-hydroxylation sites is 1. The lowest BCUT2D eigenvalue weighted by atomic mass is 10.1. The Hall–Kier alpha value is -1.94. The summed E-state index contributed by atoms with van der Waals surface area (Å²) in [6.45, 7) is 4.29. The van der Waals surface area contributed by atoms with Crippen LogP contribution < -0.4 is 5.73 Å². The minimum absolute atomic E-state index is 0.122. The number of rotatable bonds is 3. The molecule has 0 spiro atoms. The van der Waals surface area contributed by atoms with Crippen LogP contribution in [0.1, 0.15) is 28.9 Å². The maximum absolute atomic E-state index is 12.8. The molecule has 1 unspecified atom stereocenters. The molecule has 4 heteroatoms. The van der Waals surface area contributed by atoms with Crippen molar-refractivity contribution in [3.8, 4) is 0 Å². The topological polar surface area (TPSA) is 59.2 Å². The number of nitrogens with two attached hydrogens (primary N) is 1. The number of hydrogen-bond donors (Lipinski definition) is 1. The van der Waals surface area contributed by atoms with Gasteiger partial charge in [0, 0.05) is 24.2 Å². The Labute approximate surface area is 125 Å². The number of aryl methyl sites for hydroxylation is 1. The number of benzene rings is 1. The van der Waals surface area contributed by atoms with Crippen LogP contribution >= 0.6 is 0 Å². The van der Waals surface area contributed by atoms with Crippen molar-refractivity contribution in [2.75, 3.05) is 19.6 Å². The monoisotopic (exact) mass is 283 g/mol. The van der Waals surface area contributed by atoms with Gasteiger partial charge in [0.1, 0.15) is 0 Å². The van der Waals surface area contributed by atoms with Gasteiger partial charge in [0.05, 0.1) is 11.1 Å². The smallest absolute Gasteiger partial charge is 0.254 e. The van der Waals surface area contributed by atoms with Crippen LogP contribution in [-0.2, 0) is 0 Å². The summed E-state index contributed by atoms with van der Waals surface area (Å²) in [5.74, 6) is 0.671. The van der Waals surface area contributed by atoms with Crippen molar-refractivity contribution in [2.24, 2.45) is 11.7 Å². The molecule has 1 amide bonds. The molecule has 4 nitrogen and oxygen atoms in total.